The minimum absolute atomic E-state index is 0.0389. The molecule has 2 aliphatic heterocycles. The highest BCUT2D eigenvalue weighted by Gasteiger charge is 2.47. The van der Waals surface area contributed by atoms with E-state index in [9.17, 15) is 18.0 Å². The average Bonchev–Trinajstić information content (AvgIpc) is 3.46. The van der Waals surface area contributed by atoms with Gasteiger partial charge in [0.2, 0.25) is 22.7 Å². The van der Waals surface area contributed by atoms with E-state index >= 15 is 0 Å². The van der Waals surface area contributed by atoms with Gasteiger partial charge in [-0.25, -0.2) is 13.3 Å². The lowest BCUT2D eigenvalue weighted by Gasteiger charge is -2.27. The Hall–Kier alpha value is -3.89. The second kappa shape index (κ2) is 9.29. The summed E-state index contributed by atoms with van der Waals surface area (Å²) in [5.74, 6) is 0.533. The molecule has 5 rings (SSSR count). The van der Waals surface area contributed by atoms with Crippen LogP contribution in [0.1, 0.15) is 17.5 Å². The Labute approximate surface area is 208 Å². The standard InChI is InChI=1S/C26H24N2O7S/c1-17-3-10-21(11-4-17)36(31,32)27(15-18-5-12-23-24(13-18)35-16-34-23)22-14-25(29)28(26(22)30)19-6-8-20(33-2)9-7-19/h3-13,22H,14-16H2,1-2H3. The lowest BCUT2D eigenvalue weighted by atomic mass is 10.1. The molecular formula is C26H24N2O7S. The molecule has 0 aliphatic carbocycles. The third-order valence-electron chi connectivity index (χ3n) is 6.20. The SMILES string of the molecule is COc1ccc(N2C(=O)CC(N(Cc3ccc4c(c3)OCO4)S(=O)(=O)c3ccc(C)cc3)C2=O)cc1. The summed E-state index contributed by atoms with van der Waals surface area (Å²) < 4.78 is 44.7. The number of fused-ring (bicyclic) bond motifs is 1. The Morgan fingerprint density at radius 1 is 0.972 bits per heavy atom. The Kier molecular flexibility index (Phi) is 6.15. The number of carbonyl (C=O) groups excluding carboxylic acids is 2. The third-order valence-corrected chi connectivity index (χ3v) is 8.07. The van der Waals surface area contributed by atoms with Gasteiger partial charge < -0.3 is 14.2 Å². The van der Waals surface area contributed by atoms with Crippen molar-refractivity contribution in [2.45, 2.75) is 30.8 Å². The van der Waals surface area contributed by atoms with Crippen molar-refractivity contribution < 1.29 is 32.2 Å². The lowest BCUT2D eigenvalue weighted by molar-refractivity contribution is -0.122. The van der Waals surface area contributed by atoms with Crippen LogP contribution in [0.15, 0.2) is 71.6 Å². The van der Waals surface area contributed by atoms with Gasteiger partial charge in [-0.1, -0.05) is 23.8 Å². The maximum atomic E-state index is 13.8. The van der Waals surface area contributed by atoms with Crippen LogP contribution in [0.25, 0.3) is 0 Å². The molecule has 2 heterocycles. The number of methoxy groups -OCH3 is 1. The van der Waals surface area contributed by atoms with Crippen LogP contribution in [0.2, 0.25) is 0 Å². The topological polar surface area (TPSA) is 102 Å². The van der Waals surface area contributed by atoms with Gasteiger partial charge in [0, 0.05) is 6.54 Å². The van der Waals surface area contributed by atoms with Crippen LogP contribution in [0.3, 0.4) is 0 Å². The zero-order valence-electron chi connectivity index (χ0n) is 19.7. The van der Waals surface area contributed by atoms with E-state index in [4.69, 9.17) is 14.2 Å². The average molecular weight is 509 g/mol. The fourth-order valence-corrected chi connectivity index (χ4v) is 5.84. The second-order valence-electron chi connectivity index (χ2n) is 8.54. The van der Waals surface area contributed by atoms with Gasteiger partial charge in [-0.3, -0.25) is 9.59 Å². The van der Waals surface area contributed by atoms with Crippen molar-refractivity contribution in [2.24, 2.45) is 0 Å². The van der Waals surface area contributed by atoms with Crippen molar-refractivity contribution in [3.05, 3.63) is 77.9 Å². The van der Waals surface area contributed by atoms with Gasteiger partial charge in [0.15, 0.2) is 11.5 Å². The van der Waals surface area contributed by atoms with Gasteiger partial charge in [-0.2, -0.15) is 4.31 Å². The fourth-order valence-electron chi connectivity index (χ4n) is 4.27. The van der Waals surface area contributed by atoms with Crippen LogP contribution in [0.4, 0.5) is 5.69 Å². The molecule has 1 atom stereocenters. The van der Waals surface area contributed by atoms with Crippen LogP contribution in [0, 0.1) is 6.92 Å². The molecule has 186 valence electrons. The number of amides is 2. The van der Waals surface area contributed by atoms with E-state index < -0.39 is 27.9 Å². The van der Waals surface area contributed by atoms with E-state index in [0.717, 1.165) is 14.8 Å². The lowest BCUT2D eigenvalue weighted by Crippen LogP contribution is -2.45. The molecule has 2 amide bonds. The molecule has 9 nitrogen and oxygen atoms in total. The van der Waals surface area contributed by atoms with E-state index in [1.165, 1.54) is 19.2 Å². The summed E-state index contributed by atoms with van der Waals surface area (Å²) in [5, 5.41) is 0. The Morgan fingerprint density at radius 3 is 2.36 bits per heavy atom. The summed E-state index contributed by atoms with van der Waals surface area (Å²) in [6.45, 7) is 1.80. The number of anilines is 1. The predicted octanol–water partition coefficient (Wildman–Crippen LogP) is 3.26. The zero-order chi connectivity index (χ0) is 25.4. The first kappa shape index (κ1) is 23.8. The van der Waals surface area contributed by atoms with E-state index in [-0.39, 0.29) is 24.7 Å². The molecular weight excluding hydrogens is 484 g/mol. The van der Waals surface area contributed by atoms with Crippen molar-refractivity contribution in [1.82, 2.24) is 4.31 Å². The van der Waals surface area contributed by atoms with Crippen molar-refractivity contribution in [1.29, 1.82) is 0 Å². The molecule has 0 N–H and O–H groups in total. The highest BCUT2D eigenvalue weighted by molar-refractivity contribution is 7.89. The summed E-state index contributed by atoms with van der Waals surface area (Å²) in [7, 11) is -2.63. The molecule has 1 saturated heterocycles. The molecule has 1 unspecified atom stereocenters. The highest BCUT2D eigenvalue weighted by Crippen LogP contribution is 2.35. The normalized spacial score (nSPS) is 17.2. The van der Waals surface area contributed by atoms with Gasteiger partial charge in [-0.05, 0) is 61.0 Å². The van der Waals surface area contributed by atoms with Crippen LogP contribution < -0.4 is 19.1 Å². The molecule has 2 aliphatic rings. The van der Waals surface area contributed by atoms with Gasteiger partial charge >= 0.3 is 0 Å². The molecule has 3 aromatic rings. The first-order valence-electron chi connectivity index (χ1n) is 11.3. The minimum Gasteiger partial charge on any atom is -0.497 e. The molecule has 10 heteroatoms. The predicted molar refractivity (Wildman–Crippen MR) is 130 cm³/mol. The third kappa shape index (κ3) is 4.29. The summed E-state index contributed by atoms with van der Waals surface area (Å²) in [4.78, 5) is 27.6. The molecule has 3 aromatic carbocycles. The van der Waals surface area contributed by atoms with Gasteiger partial charge in [0.1, 0.15) is 11.8 Å². The number of benzene rings is 3. The molecule has 0 saturated carbocycles. The summed E-state index contributed by atoms with van der Waals surface area (Å²) in [6.07, 6.45) is -0.277. The Balaban J connectivity index is 1.52. The zero-order valence-corrected chi connectivity index (χ0v) is 20.5. The van der Waals surface area contributed by atoms with Crippen LogP contribution in [-0.2, 0) is 26.2 Å². The van der Waals surface area contributed by atoms with E-state index in [1.54, 1.807) is 54.6 Å². The summed E-state index contributed by atoms with van der Waals surface area (Å²) in [5.41, 5.74) is 1.84. The number of sulfonamides is 1. The maximum absolute atomic E-state index is 13.8. The number of carbonyl (C=O) groups is 2. The number of nitrogens with zero attached hydrogens (tertiary/aromatic N) is 2. The van der Waals surface area contributed by atoms with Crippen LogP contribution in [0.5, 0.6) is 17.2 Å². The van der Waals surface area contributed by atoms with E-state index in [0.29, 0.717) is 28.5 Å². The maximum Gasteiger partial charge on any atom is 0.252 e. The molecule has 0 radical (unpaired) electrons. The van der Waals surface area contributed by atoms with Gasteiger partial charge in [-0.15, -0.1) is 0 Å². The van der Waals surface area contributed by atoms with Crippen LogP contribution >= 0.6 is 0 Å². The summed E-state index contributed by atoms with van der Waals surface area (Å²) in [6, 6.07) is 16.7. The smallest absolute Gasteiger partial charge is 0.252 e. The number of aryl methyl sites for hydroxylation is 1. The van der Waals surface area contributed by atoms with Gasteiger partial charge in [0.25, 0.3) is 5.91 Å². The Morgan fingerprint density at radius 2 is 1.67 bits per heavy atom. The number of hydrogen-bond acceptors (Lipinski definition) is 7. The van der Waals surface area contributed by atoms with E-state index in [2.05, 4.69) is 0 Å². The van der Waals surface area contributed by atoms with E-state index in [1.807, 2.05) is 6.92 Å². The molecule has 36 heavy (non-hydrogen) atoms. The molecule has 0 spiro atoms. The molecule has 0 aromatic heterocycles. The number of hydrogen-bond donors (Lipinski definition) is 0. The van der Waals surface area contributed by atoms with Crippen molar-refractivity contribution in [2.75, 3.05) is 18.8 Å². The largest absolute Gasteiger partial charge is 0.497 e. The minimum atomic E-state index is -4.14. The molecule has 0 bridgehead atoms. The van der Waals surface area contributed by atoms with Crippen molar-refractivity contribution in [3.8, 4) is 17.2 Å². The van der Waals surface area contributed by atoms with Crippen molar-refractivity contribution in [3.63, 3.8) is 0 Å². The highest BCUT2D eigenvalue weighted by atomic mass is 32.2. The summed E-state index contributed by atoms with van der Waals surface area (Å²) >= 11 is 0. The first-order valence-corrected chi connectivity index (χ1v) is 12.7. The van der Waals surface area contributed by atoms with Crippen molar-refractivity contribution >= 4 is 27.5 Å². The number of imide groups is 1. The fraction of sp³-hybridized carbons (Fsp3) is 0.231. The first-order chi connectivity index (χ1) is 17.3. The quantitative estimate of drug-likeness (QED) is 0.452. The second-order valence-corrected chi connectivity index (χ2v) is 10.4. The number of ether oxygens (including phenoxy) is 3. The Bertz CT molecular complexity index is 1420. The monoisotopic (exact) mass is 508 g/mol. The number of rotatable bonds is 7. The van der Waals surface area contributed by atoms with Crippen LogP contribution in [-0.4, -0.2) is 44.5 Å². The van der Waals surface area contributed by atoms with Gasteiger partial charge in [0.05, 0.1) is 24.1 Å². The molecule has 1 fully saturated rings.